The Labute approximate surface area is 157 Å². The Kier molecular flexibility index (Phi) is 5.38. The van der Waals surface area contributed by atoms with Gasteiger partial charge in [0.05, 0.1) is 27.7 Å². The summed E-state index contributed by atoms with van der Waals surface area (Å²) in [6.45, 7) is 7.60. The van der Waals surface area contributed by atoms with Gasteiger partial charge >= 0.3 is 0 Å². The van der Waals surface area contributed by atoms with Crippen LogP contribution in [0.4, 0.5) is 0 Å². The smallest absolute Gasteiger partial charge is 0.254 e. The van der Waals surface area contributed by atoms with E-state index in [0.29, 0.717) is 12.1 Å². The van der Waals surface area contributed by atoms with E-state index in [-0.39, 0.29) is 11.9 Å². The Morgan fingerprint density at radius 2 is 2.15 bits per heavy atom. The normalized spacial score (nSPS) is 11.5. The zero-order valence-electron chi connectivity index (χ0n) is 15.9. The SMILES string of the molecule is CNCCN(C)C(=O)c1cc(-c2ccc(C)s2)nc2c1cnn2C(C)C. The molecule has 0 radical (unpaired) electrons. The van der Waals surface area contributed by atoms with Crippen LogP contribution < -0.4 is 5.32 Å². The maximum atomic E-state index is 13.1. The Balaban J connectivity index is 2.15. The molecule has 138 valence electrons. The molecule has 0 atom stereocenters. The summed E-state index contributed by atoms with van der Waals surface area (Å²) in [5.41, 5.74) is 2.24. The minimum absolute atomic E-state index is 0.00881. The highest BCUT2D eigenvalue weighted by atomic mass is 32.1. The number of carbonyl (C=O) groups is 1. The molecule has 7 heteroatoms. The van der Waals surface area contributed by atoms with Gasteiger partial charge in [-0.15, -0.1) is 11.3 Å². The van der Waals surface area contributed by atoms with Crippen LogP contribution in [-0.2, 0) is 0 Å². The average molecular weight is 372 g/mol. The number of carbonyl (C=O) groups excluding carboxylic acids is 1. The summed E-state index contributed by atoms with van der Waals surface area (Å²) >= 11 is 1.68. The number of nitrogens with one attached hydrogen (secondary N) is 1. The second-order valence-corrected chi connectivity index (χ2v) is 8.00. The fourth-order valence-electron chi connectivity index (χ4n) is 2.86. The van der Waals surface area contributed by atoms with Gasteiger partial charge in [0.2, 0.25) is 0 Å². The van der Waals surface area contributed by atoms with Gasteiger partial charge in [0.15, 0.2) is 5.65 Å². The first-order valence-electron chi connectivity index (χ1n) is 8.77. The molecule has 1 N–H and O–H groups in total. The summed E-state index contributed by atoms with van der Waals surface area (Å²) in [6, 6.07) is 6.21. The standard InChI is InChI=1S/C19H25N5OS/c1-12(2)24-18-15(11-21-24)14(19(25)23(5)9-8-20-4)10-16(22-18)17-7-6-13(3)26-17/h6-7,10-12,20H,8-9H2,1-5H3. The third-order valence-electron chi connectivity index (χ3n) is 4.32. The van der Waals surface area contributed by atoms with Gasteiger partial charge in [0.25, 0.3) is 5.91 Å². The first kappa shape index (κ1) is 18.5. The third kappa shape index (κ3) is 3.50. The predicted octanol–water partition coefficient (Wildman–Crippen LogP) is 3.34. The van der Waals surface area contributed by atoms with Crippen LogP contribution in [0.1, 0.15) is 35.1 Å². The Hall–Kier alpha value is -2.25. The van der Waals surface area contributed by atoms with Gasteiger partial charge in [-0.3, -0.25) is 4.79 Å². The van der Waals surface area contributed by atoms with Gasteiger partial charge in [-0.05, 0) is 46.0 Å². The summed E-state index contributed by atoms with van der Waals surface area (Å²) in [7, 11) is 3.71. The molecule has 0 aromatic carbocycles. The number of nitrogens with zero attached hydrogens (tertiary/aromatic N) is 4. The van der Waals surface area contributed by atoms with Crippen molar-refractivity contribution in [2.75, 3.05) is 27.2 Å². The minimum atomic E-state index is -0.00881. The fourth-order valence-corrected chi connectivity index (χ4v) is 3.69. The Bertz CT molecular complexity index is 927. The van der Waals surface area contributed by atoms with E-state index in [0.717, 1.165) is 28.1 Å². The van der Waals surface area contributed by atoms with Crippen molar-refractivity contribution in [2.24, 2.45) is 0 Å². The topological polar surface area (TPSA) is 63.1 Å². The van der Waals surface area contributed by atoms with Crippen molar-refractivity contribution in [2.45, 2.75) is 26.8 Å². The second-order valence-electron chi connectivity index (χ2n) is 6.72. The van der Waals surface area contributed by atoms with E-state index in [1.54, 1.807) is 22.4 Å². The Morgan fingerprint density at radius 3 is 2.77 bits per heavy atom. The lowest BCUT2D eigenvalue weighted by atomic mass is 10.1. The molecule has 0 spiro atoms. The summed E-state index contributed by atoms with van der Waals surface area (Å²) < 4.78 is 1.88. The molecule has 0 saturated heterocycles. The number of rotatable bonds is 6. The number of amides is 1. The van der Waals surface area contributed by atoms with Crippen molar-refractivity contribution in [3.8, 4) is 10.6 Å². The summed E-state index contributed by atoms with van der Waals surface area (Å²) in [5.74, 6) is -0.00881. The maximum absolute atomic E-state index is 13.1. The molecule has 3 aromatic heterocycles. The lowest BCUT2D eigenvalue weighted by molar-refractivity contribution is 0.0798. The van der Waals surface area contributed by atoms with Crippen LogP contribution in [0.15, 0.2) is 24.4 Å². The summed E-state index contributed by atoms with van der Waals surface area (Å²) in [5, 5.41) is 8.36. The van der Waals surface area contributed by atoms with E-state index in [4.69, 9.17) is 4.98 Å². The maximum Gasteiger partial charge on any atom is 0.254 e. The molecule has 26 heavy (non-hydrogen) atoms. The quantitative estimate of drug-likeness (QED) is 0.722. The molecule has 0 saturated carbocycles. The second kappa shape index (κ2) is 7.55. The number of hydrogen-bond donors (Lipinski definition) is 1. The van der Waals surface area contributed by atoms with Crippen molar-refractivity contribution >= 4 is 28.3 Å². The van der Waals surface area contributed by atoms with Crippen LogP contribution in [-0.4, -0.2) is 52.8 Å². The van der Waals surface area contributed by atoms with Gasteiger partial charge < -0.3 is 10.2 Å². The molecular weight excluding hydrogens is 346 g/mol. The van der Waals surface area contributed by atoms with Gasteiger partial charge in [-0.2, -0.15) is 5.10 Å². The van der Waals surface area contributed by atoms with E-state index in [1.807, 2.05) is 24.8 Å². The molecule has 3 rings (SSSR count). The molecule has 0 aliphatic heterocycles. The van der Waals surface area contributed by atoms with Crippen molar-refractivity contribution in [1.29, 1.82) is 0 Å². The predicted molar refractivity (Wildman–Crippen MR) is 107 cm³/mol. The third-order valence-corrected chi connectivity index (χ3v) is 5.35. The lowest BCUT2D eigenvalue weighted by Gasteiger charge is -2.18. The van der Waals surface area contributed by atoms with Crippen molar-refractivity contribution in [3.63, 3.8) is 0 Å². The van der Waals surface area contributed by atoms with E-state index < -0.39 is 0 Å². The van der Waals surface area contributed by atoms with Crippen LogP contribution in [0.25, 0.3) is 21.6 Å². The van der Waals surface area contributed by atoms with E-state index >= 15 is 0 Å². The molecule has 0 aliphatic rings. The summed E-state index contributed by atoms with van der Waals surface area (Å²) in [6.07, 6.45) is 1.75. The zero-order valence-corrected chi connectivity index (χ0v) is 16.7. The van der Waals surface area contributed by atoms with Crippen LogP contribution in [0.3, 0.4) is 0 Å². The Morgan fingerprint density at radius 1 is 1.38 bits per heavy atom. The number of hydrogen-bond acceptors (Lipinski definition) is 5. The molecule has 6 nitrogen and oxygen atoms in total. The number of fused-ring (bicyclic) bond motifs is 1. The number of likely N-dealkylation sites (N-methyl/N-ethyl adjacent to an activating group) is 2. The van der Waals surface area contributed by atoms with Crippen LogP contribution in [0.5, 0.6) is 0 Å². The largest absolute Gasteiger partial charge is 0.340 e. The summed E-state index contributed by atoms with van der Waals surface area (Å²) in [4.78, 5) is 21.9. The monoisotopic (exact) mass is 371 g/mol. The average Bonchev–Trinajstić information content (AvgIpc) is 3.24. The molecule has 0 bridgehead atoms. The van der Waals surface area contributed by atoms with Gasteiger partial charge in [-0.1, -0.05) is 0 Å². The molecule has 1 amide bonds. The number of thiophene rings is 1. The fraction of sp³-hybridized carbons (Fsp3) is 0.421. The highest BCUT2D eigenvalue weighted by Crippen LogP contribution is 2.31. The van der Waals surface area contributed by atoms with Crippen molar-refractivity contribution in [3.05, 3.63) is 34.8 Å². The van der Waals surface area contributed by atoms with E-state index in [9.17, 15) is 4.79 Å². The highest BCUT2D eigenvalue weighted by Gasteiger charge is 2.21. The number of pyridine rings is 1. The van der Waals surface area contributed by atoms with Gasteiger partial charge in [0, 0.05) is 31.1 Å². The van der Waals surface area contributed by atoms with Crippen LogP contribution in [0, 0.1) is 6.92 Å². The molecular formula is C19H25N5OS. The molecule has 0 fully saturated rings. The van der Waals surface area contributed by atoms with Crippen molar-refractivity contribution < 1.29 is 4.79 Å². The van der Waals surface area contributed by atoms with Crippen LogP contribution >= 0.6 is 11.3 Å². The highest BCUT2D eigenvalue weighted by molar-refractivity contribution is 7.15. The molecule has 3 heterocycles. The first-order valence-corrected chi connectivity index (χ1v) is 9.59. The lowest BCUT2D eigenvalue weighted by Crippen LogP contribution is -2.33. The van der Waals surface area contributed by atoms with Gasteiger partial charge in [-0.25, -0.2) is 9.67 Å². The number of aryl methyl sites for hydroxylation is 1. The molecule has 0 unspecified atom stereocenters. The zero-order chi connectivity index (χ0) is 18.8. The first-order chi connectivity index (χ1) is 12.4. The number of aromatic nitrogens is 3. The van der Waals surface area contributed by atoms with Crippen molar-refractivity contribution in [1.82, 2.24) is 25.0 Å². The van der Waals surface area contributed by atoms with Crippen LogP contribution in [0.2, 0.25) is 0 Å². The van der Waals surface area contributed by atoms with E-state index in [1.165, 1.54) is 4.88 Å². The van der Waals surface area contributed by atoms with E-state index in [2.05, 4.69) is 43.3 Å². The molecule has 3 aromatic rings. The van der Waals surface area contributed by atoms with Gasteiger partial charge in [0.1, 0.15) is 0 Å². The molecule has 0 aliphatic carbocycles. The minimum Gasteiger partial charge on any atom is -0.340 e.